The predicted octanol–water partition coefficient (Wildman–Crippen LogP) is 4.33. The minimum Gasteiger partial charge on any atom is -0.437 e. The third-order valence-corrected chi connectivity index (χ3v) is 7.14. The molecule has 0 atom stereocenters. The molecule has 0 saturated carbocycles. The first-order valence-electron chi connectivity index (χ1n) is 13.5. The molecule has 12 heteroatoms. The Morgan fingerprint density at radius 3 is 2.54 bits per heavy atom. The molecule has 214 valence electrons. The SMILES string of the molecule is C=CC(=O)N1CC(Nc2cccc(Oc3nc(Nc4ccc(N5CCN(C(=O)NCC)CC5)cc4)ncc3Cl)c2)C1. The van der Waals surface area contributed by atoms with Crippen molar-refractivity contribution in [2.75, 3.05) is 61.3 Å². The van der Waals surface area contributed by atoms with E-state index in [1.165, 1.54) is 12.3 Å². The zero-order chi connectivity index (χ0) is 28.8. The summed E-state index contributed by atoms with van der Waals surface area (Å²) in [5, 5.41) is 9.75. The normalized spacial score (nSPS) is 15.1. The van der Waals surface area contributed by atoms with Crippen molar-refractivity contribution in [2.24, 2.45) is 0 Å². The molecule has 11 nitrogen and oxygen atoms in total. The van der Waals surface area contributed by atoms with Crippen LogP contribution in [0.2, 0.25) is 5.02 Å². The monoisotopic (exact) mass is 576 g/mol. The average molecular weight is 577 g/mol. The predicted molar refractivity (Wildman–Crippen MR) is 160 cm³/mol. The molecular weight excluding hydrogens is 544 g/mol. The number of benzene rings is 2. The highest BCUT2D eigenvalue weighted by atomic mass is 35.5. The average Bonchev–Trinajstić information content (AvgIpc) is 2.97. The van der Waals surface area contributed by atoms with Crippen molar-refractivity contribution in [3.63, 3.8) is 0 Å². The molecule has 2 saturated heterocycles. The van der Waals surface area contributed by atoms with Crippen molar-refractivity contribution in [2.45, 2.75) is 13.0 Å². The van der Waals surface area contributed by atoms with Crippen LogP contribution in [0.4, 0.5) is 27.8 Å². The van der Waals surface area contributed by atoms with E-state index < -0.39 is 0 Å². The summed E-state index contributed by atoms with van der Waals surface area (Å²) in [6, 6.07) is 15.6. The fourth-order valence-corrected chi connectivity index (χ4v) is 4.80. The van der Waals surface area contributed by atoms with Gasteiger partial charge in [-0.05, 0) is 49.4 Å². The first-order valence-corrected chi connectivity index (χ1v) is 13.9. The number of rotatable bonds is 9. The summed E-state index contributed by atoms with van der Waals surface area (Å²) in [5.74, 6) is 1.08. The van der Waals surface area contributed by atoms with E-state index in [2.05, 4.69) is 37.4 Å². The van der Waals surface area contributed by atoms with Crippen LogP contribution in [0.1, 0.15) is 6.92 Å². The van der Waals surface area contributed by atoms with Gasteiger partial charge in [0.05, 0.1) is 12.2 Å². The van der Waals surface area contributed by atoms with E-state index >= 15 is 0 Å². The molecule has 3 aromatic rings. The van der Waals surface area contributed by atoms with Crippen molar-refractivity contribution in [3.05, 3.63) is 72.4 Å². The van der Waals surface area contributed by atoms with Gasteiger partial charge >= 0.3 is 6.03 Å². The number of urea groups is 1. The molecule has 0 bridgehead atoms. The molecule has 0 spiro atoms. The molecule has 0 unspecified atom stereocenters. The highest BCUT2D eigenvalue weighted by Crippen LogP contribution is 2.30. The molecule has 3 amide bonds. The largest absolute Gasteiger partial charge is 0.437 e. The summed E-state index contributed by atoms with van der Waals surface area (Å²) >= 11 is 6.35. The van der Waals surface area contributed by atoms with Crippen LogP contribution in [-0.4, -0.2) is 83.6 Å². The number of hydrogen-bond acceptors (Lipinski definition) is 8. The first-order chi connectivity index (χ1) is 19.9. The van der Waals surface area contributed by atoms with E-state index in [4.69, 9.17) is 16.3 Å². The Bertz CT molecular complexity index is 1390. The number of ether oxygens (including phenoxy) is 1. The Labute approximate surface area is 244 Å². The molecule has 2 fully saturated rings. The number of piperazine rings is 1. The van der Waals surface area contributed by atoms with Crippen LogP contribution in [0, 0.1) is 0 Å². The second kappa shape index (κ2) is 12.8. The summed E-state index contributed by atoms with van der Waals surface area (Å²) < 4.78 is 6.00. The van der Waals surface area contributed by atoms with E-state index in [1.807, 2.05) is 60.4 Å². The van der Waals surface area contributed by atoms with Crippen LogP contribution < -0.4 is 25.6 Å². The van der Waals surface area contributed by atoms with Crippen LogP contribution in [-0.2, 0) is 4.79 Å². The molecule has 0 aliphatic carbocycles. The maximum atomic E-state index is 12.1. The summed E-state index contributed by atoms with van der Waals surface area (Å²) in [6.07, 6.45) is 2.82. The zero-order valence-electron chi connectivity index (χ0n) is 22.8. The standard InChI is InChI=1S/C29H33ClN8O3/c1-3-26(39)38-18-22(19-38)33-21-6-5-7-24(16-21)41-27-25(30)17-32-28(35-27)34-20-8-10-23(11-9-20)36-12-14-37(15-13-36)29(40)31-4-2/h3,5-11,16-17,22,33H,1,4,12-15,18-19H2,2H3,(H,31,40)(H,32,34,35). The molecular formula is C29H33ClN8O3. The third-order valence-electron chi connectivity index (χ3n) is 6.88. The number of hydrogen-bond donors (Lipinski definition) is 3. The topological polar surface area (TPSA) is 115 Å². The molecule has 2 aliphatic rings. The van der Waals surface area contributed by atoms with Gasteiger partial charge in [0, 0.05) is 68.9 Å². The van der Waals surface area contributed by atoms with Crippen LogP contribution in [0.15, 0.2) is 67.4 Å². The lowest BCUT2D eigenvalue weighted by Crippen LogP contribution is -2.56. The number of likely N-dealkylation sites (tertiary alicyclic amines) is 1. The highest BCUT2D eigenvalue weighted by Gasteiger charge is 2.29. The van der Waals surface area contributed by atoms with Crippen LogP contribution in [0.3, 0.4) is 0 Å². The van der Waals surface area contributed by atoms with Gasteiger partial charge in [-0.25, -0.2) is 9.78 Å². The van der Waals surface area contributed by atoms with E-state index in [-0.39, 0.29) is 28.9 Å². The van der Waals surface area contributed by atoms with E-state index in [0.717, 1.165) is 30.2 Å². The Hall–Kier alpha value is -4.51. The van der Waals surface area contributed by atoms with Gasteiger partial charge in [0.25, 0.3) is 0 Å². The minimum atomic E-state index is -0.0631. The van der Waals surface area contributed by atoms with Crippen molar-refractivity contribution in [1.29, 1.82) is 0 Å². The number of anilines is 4. The fourth-order valence-electron chi connectivity index (χ4n) is 4.67. The molecule has 3 N–H and O–H groups in total. The van der Waals surface area contributed by atoms with E-state index in [1.54, 1.807) is 4.90 Å². The first kappa shape index (κ1) is 28.0. The molecule has 0 radical (unpaired) electrons. The number of nitrogens with zero attached hydrogens (tertiary/aromatic N) is 5. The van der Waals surface area contributed by atoms with Gasteiger partial charge in [-0.2, -0.15) is 4.98 Å². The van der Waals surface area contributed by atoms with Crippen molar-refractivity contribution in [3.8, 4) is 11.6 Å². The summed E-state index contributed by atoms with van der Waals surface area (Å²) in [6.45, 7) is 10.2. The lowest BCUT2D eigenvalue weighted by Gasteiger charge is -2.39. The van der Waals surface area contributed by atoms with Gasteiger partial charge in [0.15, 0.2) is 0 Å². The Kier molecular flexibility index (Phi) is 8.73. The Morgan fingerprint density at radius 1 is 1.07 bits per heavy atom. The number of nitrogens with one attached hydrogen (secondary N) is 3. The van der Waals surface area contributed by atoms with Crippen LogP contribution in [0.5, 0.6) is 11.6 Å². The molecule has 2 aromatic carbocycles. The van der Waals surface area contributed by atoms with Crippen LogP contribution in [0.25, 0.3) is 0 Å². The molecule has 1 aromatic heterocycles. The third kappa shape index (κ3) is 6.98. The number of carbonyl (C=O) groups is 2. The van der Waals surface area contributed by atoms with Gasteiger partial charge in [0.2, 0.25) is 17.7 Å². The smallest absolute Gasteiger partial charge is 0.317 e. The van der Waals surface area contributed by atoms with Gasteiger partial charge in [-0.15, -0.1) is 0 Å². The Morgan fingerprint density at radius 2 is 1.83 bits per heavy atom. The molecule has 41 heavy (non-hydrogen) atoms. The van der Waals surface area contributed by atoms with Gasteiger partial charge < -0.3 is 35.4 Å². The quantitative estimate of drug-likeness (QED) is 0.323. The second-order valence-corrected chi connectivity index (χ2v) is 10.2. The van der Waals surface area contributed by atoms with Crippen molar-refractivity contribution < 1.29 is 14.3 Å². The van der Waals surface area contributed by atoms with Gasteiger partial charge in [0.1, 0.15) is 10.8 Å². The summed E-state index contributed by atoms with van der Waals surface area (Å²) in [4.78, 5) is 38.3. The molecule has 3 heterocycles. The molecule has 2 aliphatic heterocycles. The lowest BCUT2D eigenvalue weighted by molar-refractivity contribution is -0.129. The lowest BCUT2D eigenvalue weighted by atomic mass is 10.1. The van der Waals surface area contributed by atoms with Gasteiger partial charge in [-0.1, -0.05) is 24.2 Å². The summed E-state index contributed by atoms with van der Waals surface area (Å²) in [7, 11) is 0. The van der Waals surface area contributed by atoms with Gasteiger partial charge in [-0.3, -0.25) is 4.79 Å². The number of amides is 3. The van der Waals surface area contributed by atoms with Crippen molar-refractivity contribution >= 4 is 46.5 Å². The van der Waals surface area contributed by atoms with Crippen molar-refractivity contribution in [1.82, 2.24) is 25.1 Å². The zero-order valence-corrected chi connectivity index (χ0v) is 23.6. The molecule has 5 rings (SSSR count). The fraction of sp³-hybridized carbons (Fsp3) is 0.310. The maximum absolute atomic E-state index is 12.1. The van der Waals surface area contributed by atoms with Crippen LogP contribution >= 0.6 is 11.6 Å². The minimum absolute atomic E-state index is 0.00856. The Balaban J connectivity index is 1.16. The maximum Gasteiger partial charge on any atom is 0.317 e. The second-order valence-electron chi connectivity index (χ2n) is 9.75. The summed E-state index contributed by atoms with van der Waals surface area (Å²) in [5.41, 5.74) is 2.77. The highest BCUT2D eigenvalue weighted by molar-refractivity contribution is 6.31. The number of halogens is 1. The van der Waals surface area contributed by atoms with E-state index in [9.17, 15) is 9.59 Å². The number of carbonyl (C=O) groups excluding carboxylic acids is 2. The van der Waals surface area contributed by atoms with E-state index in [0.29, 0.717) is 44.4 Å². The number of aromatic nitrogens is 2.